The van der Waals surface area contributed by atoms with Crippen molar-refractivity contribution in [2.45, 2.75) is 27.1 Å². The molecular formula is C8H11F3N2O. The number of aryl methyl sites for hydroxylation is 1. The van der Waals surface area contributed by atoms with Crippen LogP contribution >= 0.6 is 0 Å². The SMILES string of the molecule is CC.Cc1ncc(OC(F)(F)F)cn1. The number of hydrogen-bond donors (Lipinski definition) is 0. The van der Waals surface area contributed by atoms with E-state index < -0.39 is 12.1 Å². The van der Waals surface area contributed by atoms with Gasteiger partial charge in [0.05, 0.1) is 12.4 Å². The Balaban J connectivity index is 0.000000791. The summed E-state index contributed by atoms with van der Waals surface area (Å²) in [5, 5.41) is 0. The monoisotopic (exact) mass is 208 g/mol. The van der Waals surface area contributed by atoms with Gasteiger partial charge in [0.2, 0.25) is 0 Å². The first kappa shape index (κ1) is 12.7. The van der Waals surface area contributed by atoms with Gasteiger partial charge in [-0.3, -0.25) is 0 Å². The zero-order valence-electron chi connectivity index (χ0n) is 8.09. The summed E-state index contributed by atoms with van der Waals surface area (Å²) in [6, 6.07) is 0. The highest BCUT2D eigenvalue weighted by molar-refractivity contribution is 5.11. The van der Waals surface area contributed by atoms with Crippen LogP contribution in [0.5, 0.6) is 5.75 Å². The smallest absolute Gasteiger partial charge is 0.402 e. The Morgan fingerprint density at radius 3 is 1.93 bits per heavy atom. The second-order valence-corrected chi connectivity index (χ2v) is 2.01. The molecule has 0 fully saturated rings. The summed E-state index contributed by atoms with van der Waals surface area (Å²) in [7, 11) is 0. The van der Waals surface area contributed by atoms with Crippen molar-refractivity contribution in [1.29, 1.82) is 0 Å². The van der Waals surface area contributed by atoms with Gasteiger partial charge in [0.25, 0.3) is 0 Å². The summed E-state index contributed by atoms with van der Waals surface area (Å²) in [6.07, 6.45) is -2.75. The molecule has 0 unspecified atom stereocenters. The minimum atomic E-state index is -4.68. The molecule has 80 valence electrons. The standard InChI is InChI=1S/C6H5F3N2O.C2H6/c1-4-10-2-5(3-11-4)12-6(7,8)9;1-2/h2-3H,1H3;1-2H3. The van der Waals surface area contributed by atoms with Crippen LogP contribution in [0.2, 0.25) is 0 Å². The third-order valence-corrected chi connectivity index (χ3v) is 0.991. The van der Waals surface area contributed by atoms with Crippen molar-refractivity contribution < 1.29 is 17.9 Å². The van der Waals surface area contributed by atoms with E-state index in [9.17, 15) is 13.2 Å². The van der Waals surface area contributed by atoms with Crippen molar-refractivity contribution >= 4 is 0 Å². The van der Waals surface area contributed by atoms with Crippen LogP contribution in [0.25, 0.3) is 0 Å². The lowest BCUT2D eigenvalue weighted by atomic mass is 10.6. The zero-order valence-corrected chi connectivity index (χ0v) is 8.09. The van der Waals surface area contributed by atoms with Crippen LogP contribution in [0.15, 0.2) is 12.4 Å². The van der Waals surface area contributed by atoms with Crippen LogP contribution in [-0.2, 0) is 0 Å². The second kappa shape index (κ2) is 5.41. The van der Waals surface area contributed by atoms with E-state index in [0.29, 0.717) is 5.82 Å². The Kier molecular flexibility index (Phi) is 4.90. The number of ether oxygens (including phenoxy) is 1. The number of rotatable bonds is 1. The fourth-order valence-electron chi connectivity index (χ4n) is 0.567. The molecule has 1 aromatic heterocycles. The van der Waals surface area contributed by atoms with E-state index in [1.165, 1.54) is 0 Å². The van der Waals surface area contributed by atoms with Crippen LogP contribution in [0.1, 0.15) is 19.7 Å². The molecule has 0 N–H and O–H groups in total. The maximum absolute atomic E-state index is 11.6. The maximum Gasteiger partial charge on any atom is 0.573 e. The summed E-state index contributed by atoms with van der Waals surface area (Å²) in [5.41, 5.74) is 0. The van der Waals surface area contributed by atoms with Gasteiger partial charge in [0.1, 0.15) is 5.82 Å². The lowest BCUT2D eigenvalue weighted by molar-refractivity contribution is -0.274. The molecule has 0 atom stereocenters. The molecule has 0 bridgehead atoms. The van der Waals surface area contributed by atoms with Crippen molar-refractivity contribution in [2.75, 3.05) is 0 Å². The first-order valence-corrected chi connectivity index (χ1v) is 4.02. The molecule has 3 nitrogen and oxygen atoms in total. The molecule has 1 heterocycles. The van der Waals surface area contributed by atoms with Crippen molar-refractivity contribution in [1.82, 2.24) is 9.97 Å². The summed E-state index contributed by atoms with van der Waals surface area (Å²) < 4.78 is 38.2. The van der Waals surface area contributed by atoms with E-state index in [1.807, 2.05) is 13.8 Å². The van der Waals surface area contributed by atoms with Gasteiger partial charge in [-0.15, -0.1) is 13.2 Å². The van der Waals surface area contributed by atoms with Crippen LogP contribution in [0.3, 0.4) is 0 Å². The third kappa shape index (κ3) is 5.34. The topological polar surface area (TPSA) is 35.0 Å². The zero-order chi connectivity index (χ0) is 11.2. The van der Waals surface area contributed by atoms with Crippen LogP contribution in [0.4, 0.5) is 13.2 Å². The molecule has 0 saturated carbocycles. The quantitative estimate of drug-likeness (QED) is 0.711. The Bertz CT molecular complexity index is 258. The average Bonchev–Trinajstić information content (AvgIpc) is 2.10. The highest BCUT2D eigenvalue weighted by atomic mass is 19.4. The third-order valence-electron chi connectivity index (χ3n) is 0.991. The van der Waals surface area contributed by atoms with E-state index in [0.717, 1.165) is 12.4 Å². The first-order chi connectivity index (χ1) is 6.47. The normalized spacial score (nSPS) is 10.1. The predicted molar refractivity (Wildman–Crippen MR) is 44.8 cm³/mol. The Morgan fingerprint density at radius 1 is 1.14 bits per heavy atom. The van der Waals surface area contributed by atoms with Crippen LogP contribution < -0.4 is 4.74 Å². The van der Waals surface area contributed by atoms with Crippen molar-refractivity contribution in [2.24, 2.45) is 0 Å². The highest BCUT2D eigenvalue weighted by Gasteiger charge is 2.31. The number of hydrogen-bond acceptors (Lipinski definition) is 3. The number of alkyl halides is 3. The van der Waals surface area contributed by atoms with Gasteiger partial charge in [0.15, 0.2) is 5.75 Å². The Morgan fingerprint density at radius 2 is 1.57 bits per heavy atom. The molecule has 6 heteroatoms. The Labute approximate surface area is 79.9 Å². The summed E-state index contributed by atoms with van der Waals surface area (Å²) in [4.78, 5) is 7.05. The molecule has 0 saturated heterocycles. The molecule has 0 aliphatic heterocycles. The van der Waals surface area contributed by atoms with Crippen LogP contribution in [0, 0.1) is 6.92 Å². The molecule has 0 spiro atoms. The van der Waals surface area contributed by atoms with Gasteiger partial charge < -0.3 is 4.74 Å². The summed E-state index contributed by atoms with van der Waals surface area (Å²) >= 11 is 0. The van der Waals surface area contributed by atoms with Gasteiger partial charge in [-0.25, -0.2) is 9.97 Å². The van der Waals surface area contributed by atoms with Crippen molar-refractivity contribution in [3.63, 3.8) is 0 Å². The van der Waals surface area contributed by atoms with E-state index in [2.05, 4.69) is 14.7 Å². The predicted octanol–water partition coefficient (Wildman–Crippen LogP) is 2.71. The molecule has 0 radical (unpaired) electrons. The molecule has 1 aromatic rings. The van der Waals surface area contributed by atoms with Gasteiger partial charge in [-0.1, -0.05) is 13.8 Å². The number of nitrogens with zero attached hydrogens (tertiary/aromatic N) is 2. The van der Waals surface area contributed by atoms with Gasteiger partial charge in [-0.05, 0) is 6.92 Å². The average molecular weight is 208 g/mol. The van der Waals surface area contributed by atoms with E-state index in [-0.39, 0.29) is 0 Å². The minimum Gasteiger partial charge on any atom is -0.402 e. The van der Waals surface area contributed by atoms with Gasteiger partial charge in [0, 0.05) is 0 Å². The van der Waals surface area contributed by atoms with Crippen molar-refractivity contribution in [3.8, 4) is 5.75 Å². The molecule has 0 aliphatic rings. The molecule has 0 aliphatic carbocycles. The van der Waals surface area contributed by atoms with E-state index in [4.69, 9.17) is 0 Å². The molecular weight excluding hydrogens is 197 g/mol. The second-order valence-electron chi connectivity index (χ2n) is 2.01. The number of aromatic nitrogens is 2. The fraction of sp³-hybridized carbons (Fsp3) is 0.500. The van der Waals surface area contributed by atoms with Gasteiger partial charge >= 0.3 is 6.36 Å². The molecule has 0 amide bonds. The van der Waals surface area contributed by atoms with E-state index in [1.54, 1.807) is 6.92 Å². The Hall–Kier alpha value is -1.33. The maximum atomic E-state index is 11.6. The highest BCUT2D eigenvalue weighted by Crippen LogP contribution is 2.20. The number of halogens is 3. The van der Waals surface area contributed by atoms with Gasteiger partial charge in [-0.2, -0.15) is 0 Å². The first-order valence-electron chi connectivity index (χ1n) is 4.02. The lowest BCUT2D eigenvalue weighted by Crippen LogP contribution is -2.17. The molecule has 1 rings (SSSR count). The fourth-order valence-corrected chi connectivity index (χ4v) is 0.567. The van der Waals surface area contributed by atoms with E-state index >= 15 is 0 Å². The van der Waals surface area contributed by atoms with Crippen molar-refractivity contribution in [3.05, 3.63) is 18.2 Å². The lowest BCUT2D eigenvalue weighted by Gasteiger charge is -2.06. The largest absolute Gasteiger partial charge is 0.573 e. The minimum absolute atomic E-state index is 0.393. The summed E-state index contributed by atoms with van der Waals surface area (Å²) in [5.74, 6) is -0.0161. The molecule has 0 aromatic carbocycles. The molecule has 14 heavy (non-hydrogen) atoms. The van der Waals surface area contributed by atoms with Crippen LogP contribution in [-0.4, -0.2) is 16.3 Å². The summed E-state index contributed by atoms with van der Waals surface area (Å²) in [6.45, 7) is 5.57.